The van der Waals surface area contributed by atoms with Gasteiger partial charge in [-0.05, 0) is 30.9 Å². The summed E-state index contributed by atoms with van der Waals surface area (Å²) in [6, 6.07) is 8.36. The fourth-order valence-corrected chi connectivity index (χ4v) is 3.41. The summed E-state index contributed by atoms with van der Waals surface area (Å²) in [5.74, 6) is 1.91. The van der Waals surface area contributed by atoms with Crippen LogP contribution in [-0.2, 0) is 15.3 Å². The Morgan fingerprint density at radius 3 is 2.91 bits per heavy atom. The molecule has 5 heteroatoms. The van der Waals surface area contributed by atoms with E-state index in [1.54, 1.807) is 4.90 Å². The van der Waals surface area contributed by atoms with Gasteiger partial charge in [-0.15, -0.1) is 0 Å². The predicted molar refractivity (Wildman–Crippen MR) is 90.8 cm³/mol. The molecule has 1 saturated heterocycles. The molecule has 0 radical (unpaired) electrons. The normalized spacial score (nSPS) is 15.0. The molecular weight excluding hydrogens is 296 g/mol. The van der Waals surface area contributed by atoms with Crippen LogP contribution in [0, 0.1) is 6.92 Å². The van der Waals surface area contributed by atoms with Crippen LogP contribution >= 0.6 is 11.8 Å². The highest BCUT2D eigenvalue weighted by molar-refractivity contribution is 7.98. The number of nitrogens with zero attached hydrogens (tertiary/aromatic N) is 1. The molecule has 22 heavy (non-hydrogen) atoms. The Morgan fingerprint density at radius 1 is 1.32 bits per heavy atom. The summed E-state index contributed by atoms with van der Waals surface area (Å²) in [7, 11) is 0. The van der Waals surface area contributed by atoms with Gasteiger partial charge in [-0.2, -0.15) is 11.8 Å². The number of thioether (sulfide) groups is 1. The van der Waals surface area contributed by atoms with E-state index in [1.807, 2.05) is 17.8 Å². The van der Waals surface area contributed by atoms with Crippen molar-refractivity contribution in [1.29, 1.82) is 0 Å². The summed E-state index contributed by atoms with van der Waals surface area (Å²) >= 11 is 1.81. The summed E-state index contributed by atoms with van der Waals surface area (Å²) in [6.07, 6.45) is 2.54. The molecule has 1 aromatic rings. The predicted octanol–water partition coefficient (Wildman–Crippen LogP) is 2.36. The van der Waals surface area contributed by atoms with Crippen molar-refractivity contribution in [3.63, 3.8) is 0 Å². The Labute approximate surface area is 136 Å². The molecule has 0 spiro atoms. The topological polar surface area (TPSA) is 49.4 Å². The van der Waals surface area contributed by atoms with Crippen LogP contribution in [-0.4, -0.2) is 42.1 Å². The maximum atomic E-state index is 11.8. The molecule has 1 fully saturated rings. The molecule has 120 valence electrons. The van der Waals surface area contributed by atoms with Gasteiger partial charge in [0.05, 0.1) is 6.54 Å². The van der Waals surface area contributed by atoms with E-state index >= 15 is 0 Å². The van der Waals surface area contributed by atoms with Crippen molar-refractivity contribution in [3.05, 3.63) is 35.4 Å². The van der Waals surface area contributed by atoms with E-state index < -0.39 is 0 Å². The van der Waals surface area contributed by atoms with Gasteiger partial charge in [-0.3, -0.25) is 9.59 Å². The lowest BCUT2D eigenvalue weighted by molar-refractivity contribution is -0.137. The standard InChI is InChI=1S/C17H24N2O2S/c1-14-6-2-3-7-15(14)13-22-11-9-18-16(20)12-19-10-5-4-8-17(19)21/h2-3,6-7H,4-5,8-13H2,1H3,(H,18,20). The fraction of sp³-hybridized carbons (Fsp3) is 0.529. The van der Waals surface area contributed by atoms with Crippen LogP contribution < -0.4 is 5.32 Å². The van der Waals surface area contributed by atoms with Crippen LogP contribution in [0.2, 0.25) is 0 Å². The van der Waals surface area contributed by atoms with E-state index in [0.29, 0.717) is 19.5 Å². The van der Waals surface area contributed by atoms with Crippen LogP contribution in [0.4, 0.5) is 0 Å². The first kappa shape index (κ1) is 16.9. The molecular formula is C17H24N2O2S. The highest BCUT2D eigenvalue weighted by Gasteiger charge is 2.19. The minimum Gasteiger partial charge on any atom is -0.354 e. The minimum atomic E-state index is -0.0493. The van der Waals surface area contributed by atoms with Crippen molar-refractivity contribution in [2.24, 2.45) is 0 Å². The van der Waals surface area contributed by atoms with Gasteiger partial charge in [0.15, 0.2) is 0 Å². The second-order valence-electron chi connectivity index (χ2n) is 5.60. The molecule has 0 bridgehead atoms. The Bertz CT molecular complexity index is 519. The Morgan fingerprint density at radius 2 is 2.14 bits per heavy atom. The van der Waals surface area contributed by atoms with Gasteiger partial charge in [0.25, 0.3) is 0 Å². The number of benzene rings is 1. The van der Waals surface area contributed by atoms with Gasteiger partial charge >= 0.3 is 0 Å². The number of rotatable bonds is 7. The van der Waals surface area contributed by atoms with Crippen molar-refractivity contribution in [3.8, 4) is 0 Å². The maximum absolute atomic E-state index is 11.8. The molecule has 0 saturated carbocycles. The lowest BCUT2D eigenvalue weighted by Gasteiger charge is -2.25. The number of aryl methyl sites for hydroxylation is 1. The number of likely N-dealkylation sites (tertiary alicyclic amines) is 1. The monoisotopic (exact) mass is 320 g/mol. The summed E-state index contributed by atoms with van der Waals surface area (Å²) in [5, 5.41) is 2.90. The van der Waals surface area contributed by atoms with Gasteiger partial charge in [-0.25, -0.2) is 0 Å². The third kappa shape index (κ3) is 5.37. The summed E-state index contributed by atoms with van der Waals surface area (Å²) in [5.41, 5.74) is 2.65. The van der Waals surface area contributed by atoms with Crippen molar-refractivity contribution in [2.75, 3.05) is 25.4 Å². The minimum absolute atomic E-state index is 0.0493. The quantitative estimate of drug-likeness (QED) is 0.785. The number of amides is 2. The average molecular weight is 320 g/mol. The van der Waals surface area contributed by atoms with Crippen molar-refractivity contribution < 1.29 is 9.59 Å². The van der Waals surface area contributed by atoms with Gasteiger partial charge in [0.2, 0.25) is 11.8 Å². The lowest BCUT2D eigenvalue weighted by atomic mass is 10.1. The van der Waals surface area contributed by atoms with E-state index in [-0.39, 0.29) is 18.4 Å². The first-order chi connectivity index (χ1) is 10.7. The van der Waals surface area contributed by atoms with E-state index in [4.69, 9.17) is 0 Å². The van der Waals surface area contributed by atoms with Crippen LogP contribution in [0.3, 0.4) is 0 Å². The second-order valence-corrected chi connectivity index (χ2v) is 6.71. The first-order valence-electron chi connectivity index (χ1n) is 7.83. The largest absolute Gasteiger partial charge is 0.354 e. The van der Waals surface area contributed by atoms with Crippen LogP contribution in [0.5, 0.6) is 0 Å². The maximum Gasteiger partial charge on any atom is 0.239 e. The zero-order chi connectivity index (χ0) is 15.8. The number of piperidine rings is 1. The number of hydrogen-bond acceptors (Lipinski definition) is 3. The van der Waals surface area contributed by atoms with Gasteiger partial charge < -0.3 is 10.2 Å². The van der Waals surface area contributed by atoms with Gasteiger partial charge in [-0.1, -0.05) is 24.3 Å². The average Bonchev–Trinajstić information content (AvgIpc) is 2.51. The van der Waals surface area contributed by atoms with Crippen LogP contribution in [0.25, 0.3) is 0 Å². The number of nitrogens with one attached hydrogen (secondary N) is 1. The Kier molecular flexibility index (Phi) is 6.77. The number of hydrogen-bond donors (Lipinski definition) is 1. The number of carbonyl (C=O) groups is 2. The van der Waals surface area contributed by atoms with E-state index in [9.17, 15) is 9.59 Å². The molecule has 1 N–H and O–H groups in total. The molecule has 0 aliphatic carbocycles. The molecule has 2 rings (SSSR count). The van der Waals surface area contributed by atoms with Crippen molar-refractivity contribution >= 4 is 23.6 Å². The smallest absolute Gasteiger partial charge is 0.239 e. The zero-order valence-electron chi connectivity index (χ0n) is 13.1. The molecule has 1 aliphatic heterocycles. The molecule has 1 aromatic carbocycles. The molecule has 0 aromatic heterocycles. The molecule has 4 nitrogen and oxygen atoms in total. The van der Waals surface area contributed by atoms with Crippen LogP contribution in [0.15, 0.2) is 24.3 Å². The highest BCUT2D eigenvalue weighted by atomic mass is 32.2. The van der Waals surface area contributed by atoms with Gasteiger partial charge in [0.1, 0.15) is 0 Å². The highest BCUT2D eigenvalue weighted by Crippen LogP contribution is 2.15. The fourth-order valence-electron chi connectivity index (χ4n) is 2.47. The SMILES string of the molecule is Cc1ccccc1CSCCNC(=O)CN1CCCCC1=O. The van der Waals surface area contributed by atoms with E-state index in [0.717, 1.165) is 24.3 Å². The summed E-state index contributed by atoms with van der Waals surface area (Å²) in [6.45, 7) is 3.69. The van der Waals surface area contributed by atoms with Crippen molar-refractivity contribution in [1.82, 2.24) is 10.2 Å². The zero-order valence-corrected chi connectivity index (χ0v) is 14.0. The van der Waals surface area contributed by atoms with Crippen molar-refractivity contribution in [2.45, 2.75) is 31.9 Å². The summed E-state index contributed by atoms with van der Waals surface area (Å²) < 4.78 is 0. The molecule has 1 aliphatic rings. The number of carbonyl (C=O) groups excluding carboxylic acids is 2. The second kappa shape index (κ2) is 8.83. The molecule has 0 unspecified atom stereocenters. The molecule has 1 heterocycles. The van der Waals surface area contributed by atoms with Gasteiger partial charge in [0, 0.05) is 31.0 Å². The summed E-state index contributed by atoms with van der Waals surface area (Å²) in [4.78, 5) is 25.1. The van der Waals surface area contributed by atoms with Crippen LogP contribution in [0.1, 0.15) is 30.4 Å². The molecule has 2 amide bonds. The third-order valence-corrected chi connectivity index (χ3v) is 4.85. The Hall–Kier alpha value is -1.49. The lowest BCUT2D eigenvalue weighted by Crippen LogP contribution is -2.43. The third-order valence-electron chi connectivity index (χ3n) is 3.84. The molecule has 0 atom stereocenters. The van der Waals surface area contributed by atoms with E-state index in [1.165, 1.54) is 11.1 Å². The Balaban J connectivity index is 1.59. The van der Waals surface area contributed by atoms with E-state index in [2.05, 4.69) is 30.4 Å². The first-order valence-corrected chi connectivity index (χ1v) is 8.99.